The fraction of sp³-hybridized carbons (Fsp3) is 0.0714. The number of halogens is 2. The molecule has 0 heterocycles. The van der Waals surface area contributed by atoms with Crippen LogP contribution in [0.1, 0.15) is 6.92 Å². The third-order valence-corrected chi connectivity index (χ3v) is 2.63. The Bertz CT molecular complexity index is 829. The minimum Gasteiger partial charge on any atom is -0.399 e. The first kappa shape index (κ1) is 19.4. The number of nitrogens with zero attached hydrogens (tertiary/aromatic N) is 2. The Hall–Kier alpha value is -3.63. The Kier molecular flexibility index (Phi) is 6.44. The molecule has 0 saturated heterocycles. The first-order chi connectivity index (χ1) is 11.6. The van der Waals surface area contributed by atoms with Crippen molar-refractivity contribution >= 4 is 28.7 Å². The molecule has 3 N–H and O–H groups in total. The van der Waals surface area contributed by atoms with Crippen LogP contribution in [0.3, 0.4) is 0 Å². The van der Waals surface area contributed by atoms with E-state index < -0.39 is 32.9 Å². The summed E-state index contributed by atoms with van der Waals surface area (Å²) in [4.78, 5) is 29.3. The molecule has 0 saturated carbocycles. The van der Waals surface area contributed by atoms with Crippen molar-refractivity contribution in [2.24, 2.45) is 0 Å². The van der Waals surface area contributed by atoms with Gasteiger partial charge in [-0.15, -0.1) is 0 Å². The number of nitrogen functional groups attached to an aromatic ring is 1. The lowest BCUT2D eigenvalue weighted by Crippen LogP contribution is -2.06. The molecule has 0 aliphatic rings. The second-order valence-corrected chi connectivity index (χ2v) is 4.57. The highest BCUT2D eigenvalue weighted by Gasteiger charge is 2.14. The first-order valence-electron chi connectivity index (χ1n) is 6.52. The minimum atomic E-state index is -0.927. The van der Waals surface area contributed by atoms with Gasteiger partial charge in [-0.05, 0) is 24.3 Å². The van der Waals surface area contributed by atoms with Crippen LogP contribution in [-0.4, -0.2) is 15.8 Å². The van der Waals surface area contributed by atoms with E-state index in [1.807, 2.05) is 0 Å². The van der Waals surface area contributed by atoms with E-state index in [-0.39, 0.29) is 17.3 Å². The molecule has 0 aliphatic carbocycles. The third kappa shape index (κ3) is 5.82. The molecular weight excluding hydrogens is 342 g/mol. The van der Waals surface area contributed by atoms with Crippen molar-refractivity contribution in [3.63, 3.8) is 0 Å². The van der Waals surface area contributed by atoms with Crippen molar-refractivity contribution in [3.8, 4) is 0 Å². The van der Waals surface area contributed by atoms with Gasteiger partial charge in [0.15, 0.2) is 0 Å². The molecule has 1 amide bonds. The average Bonchev–Trinajstić information content (AvgIpc) is 2.51. The molecule has 2 aromatic carbocycles. The molecular formula is C14H12F2N4O5. The summed E-state index contributed by atoms with van der Waals surface area (Å²) in [5.41, 5.74) is 4.32. The molecule has 0 aromatic heterocycles. The number of anilines is 2. The van der Waals surface area contributed by atoms with E-state index in [4.69, 9.17) is 5.73 Å². The Balaban J connectivity index is 0.000000257. The topological polar surface area (TPSA) is 141 Å². The van der Waals surface area contributed by atoms with Gasteiger partial charge in [0, 0.05) is 30.4 Å². The summed E-state index contributed by atoms with van der Waals surface area (Å²) in [5.74, 6) is -2.17. The zero-order valence-corrected chi connectivity index (χ0v) is 12.7. The lowest BCUT2D eigenvalue weighted by atomic mass is 10.2. The van der Waals surface area contributed by atoms with E-state index in [1.54, 1.807) is 0 Å². The summed E-state index contributed by atoms with van der Waals surface area (Å²) in [6.07, 6.45) is 0. The van der Waals surface area contributed by atoms with Crippen molar-refractivity contribution in [2.45, 2.75) is 6.92 Å². The van der Waals surface area contributed by atoms with Crippen LogP contribution in [0.4, 0.5) is 31.5 Å². The van der Waals surface area contributed by atoms with Gasteiger partial charge in [0.2, 0.25) is 17.5 Å². The van der Waals surface area contributed by atoms with Gasteiger partial charge >= 0.3 is 11.4 Å². The second kappa shape index (κ2) is 8.29. The number of carbonyl (C=O) groups excluding carboxylic acids is 1. The molecule has 0 radical (unpaired) electrons. The smallest absolute Gasteiger partial charge is 0.306 e. The molecule has 0 unspecified atom stereocenters. The summed E-state index contributed by atoms with van der Waals surface area (Å²) in [6, 6.07) is 6.37. The number of nitrogens with one attached hydrogen (secondary N) is 1. The predicted octanol–water partition coefficient (Wildman–Crippen LogP) is 3.01. The van der Waals surface area contributed by atoms with E-state index in [1.165, 1.54) is 19.1 Å². The number of hydrogen-bond donors (Lipinski definition) is 2. The van der Waals surface area contributed by atoms with Crippen LogP contribution in [0.5, 0.6) is 0 Å². The van der Waals surface area contributed by atoms with Gasteiger partial charge in [0.05, 0.1) is 9.85 Å². The number of amides is 1. The van der Waals surface area contributed by atoms with Crippen LogP contribution < -0.4 is 11.1 Å². The molecule has 0 fully saturated rings. The van der Waals surface area contributed by atoms with Crippen molar-refractivity contribution in [1.29, 1.82) is 0 Å². The number of nitro groups is 2. The molecule has 11 heteroatoms. The number of carbonyl (C=O) groups is 1. The third-order valence-electron chi connectivity index (χ3n) is 2.63. The normalized spacial score (nSPS) is 9.56. The van der Waals surface area contributed by atoms with Gasteiger partial charge in [0.25, 0.3) is 0 Å². The highest BCUT2D eigenvalue weighted by molar-refractivity contribution is 5.88. The lowest BCUT2D eigenvalue weighted by molar-refractivity contribution is -0.387. The molecule has 0 spiro atoms. The van der Waals surface area contributed by atoms with Crippen LogP contribution in [0.25, 0.3) is 0 Å². The standard InChI is InChI=1S/C8H7FN2O3.C6H5FN2O2/c1-5(12)10-6-2-3-7(9)8(4-6)11(13)14;7-5-2-1-4(8)3-6(5)9(10)11/h2-4H,1H3,(H,10,12);1-3H,8H2. The molecule has 25 heavy (non-hydrogen) atoms. The summed E-state index contributed by atoms with van der Waals surface area (Å²) in [5, 5.41) is 22.7. The Morgan fingerprint density at radius 1 is 1.00 bits per heavy atom. The van der Waals surface area contributed by atoms with E-state index >= 15 is 0 Å². The fourth-order valence-electron chi connectivity index (χ4n) is 1.60. The van der Waals surface area contributed by atoms with Gasteiger partial charge in [-0.2, -0.15) is 8.78 Å². The van der Waals surface area contributed by atoms with Gasteiger partial charge in [-0.3, -0.25) is 25.0 Å². The maximum atomic E-state index is 12.8. The summed E-state index contributed by atoms with van der Waals surface area (Å²) >= 11 is 0. The quantitative estimate of drug-likeness (QED) is 0.493. The number of benzene rings is 2. The van der Waals surface area contributed by atoms with Crippen molar-refractivity contribution < 1.29 is 23.4 Å². The Morgan fingerprint density at radius 2 is 1.48 bits per heavy atom. The molecule has 9 nitrogen and oxygen atoms in total. The van der Waals surface area contributed by atoms with Gasteiger partial charge < -0.3 is 11.1 Å². The van der Waals surface area contributed by atoms with Crippen LogP contribution in [0.2, 0.25) is 0 Å². The second-order valence-electron chi connectivity index (χ2n) is 4.57. The highest BCUT2D eigenvalue weighted by Crippen LogP contribution is 2.21. The van der Waals surface area contributed by atoms with Crippen LogP contribution in [0, 0.1) is 31.9 Å². The summed E-state index contributed by atoms with van der Waals surface area (Å²) in [7, 11) is 0. The summed E-state index contributed by atoms with van der Waals surface area (Å²) in [6.45, 7) is 1.26. The minimum absolute atomic E-state index is 0.179. The van der Waals surface area contributed by atoms with Crippen LogP contribution in [0.15, 0.2) is 36.4 Å². The number of nitro benzene ring substituents is 2. The Morgan fingerprint density at radius 3 is 1.92 bits per heavy atom. The zero-order valence-electron chi connectivity index (χ0n) is 12.7. The maximum Gasteiger partial charge on any atom is 0.306 e. The predicted molar refractivity (Wildman–Crippen MR) is 84.8 cm³/mol. The summed E-state index contributed by atoms with van der Waals surface area (Å²) < 4.78 is 25.3. The van der Waals surface area contributed by atoms with E-state index in [0.29, 0.717) is 0 Å². The SMILES string of the molecule is CC(=O)Nc1ccc(F)c([N+](=O)[O-])c1.Nc1ccc(F)c([N+](=O)[O-])c1. The molecule has 0 bridgehead atoms. The molecule has 2 rings (SSSR count). The molecule has 0 aliphatic heterocycles. The van der Waals surface area contributed by atoms with Crippen LogP contribution in [-0.2, 0) is 4.79 Å². The highest BCUT2D eigenvalue weighted by atomic mass is 19.1. The molecule has 132 valence electrons. The number of hydrogen-bond acceptors (Lipinski definition) is 6. The van der Waals surface area contributed by atoms with Crippen LogP contribution >= 0.6 is 0 Å². The number of rotatable bonds is 3. The molecule has 0 atom stereocenters. The van der Waals surface area contributed by atoms with Crippen molar-refractivity contribution in [3.05, 3.63) is 68.3 Å². The van der Waals surface area contributed by atoms with E-state index in [9.17, 15) is 33.8 Å². The van der Waals surface area contributed by atoms with Gasteiger partial charge in [-0.1, -0.05) is 0 Å². The van der Waals surface area contributed by atoms with Crippen molar-refractivity contribution in [1.82, 2.24) is 0 Å². The van der Waals surface area contributed by atoms with Gasteiger partial charge in [0.1, 0.15) is 0 Å². The van der Waals surface area contributed by atoms with Crippen molar-refractivity contribution in [2.75, 3.05) is 11.1 Å². The average molecular weight is 354 g/mol. The van der Waals surface area contributed by atoms with Gasteiger partial charge in [-0.25, -0.2) is 0 Å². The Labute approximate surface area is 139 Å². The maximum absolute atomic E-state index is 12.8. The zero-order chi connectivity index (χ0) is 19.1. The first-order valence-corrected chi connectivity index (χ1v) is 6.52. The molecule has 2 aromatic rings. The fourth-order valence-corrected chi connectivity index (χ4v) is 1.60. The van der Waals surface area contributed by atoms with E-state index in [2.05, 4.69) is 5.32 Å². The lowest BCUT2D eigenvalue weighted by Gasteiger charge is -2.01. The monoisotopic (exact) mass is 354 g/mol. The van der Waals surface area contributed by atoms with E-state index in [0.717, 1.165) is 24.3 Å². The largest absolute Gasteiger partial charge is 0.399 e. The number of nitrogens with two attached hydrogens (primary N) is 1.